The van der Waals surface area contributed by atoms with E-state index in [2.05, 4.69) is 6.92 Å². The molecule has 134 valence electrons. The number of hydrogen-bond donors (Lipinski definition) is 0. The van der Waals surface area contributed by atoms with E-state index >= 15 is 0 Å². The van der Waals surface area contributed by atoms with E-state index in [9.17, 15) is 14.4 Å². The van der Waals surface area contributed by atoms with Crippen LogP contribution in [0.2, 0.25) is 0 Å². The fourth-order valence-corrected chi connectivity index (χ4v) is 4.50. The lowest BCUT2D eigenvalue weighted by Crippen LogP contribution is -2.31. The van der Waals surface area contributed by atoms with Gasteiger partial charge in [0.2, 0.25) is 11.8 Å². The van der Waals surface area contributed by atoms with Crippen molar-refractivity contribution in [2.45, 2.75) is 26.2 Å². The van der Waals surface area contributed by atoms with Crippen LogP contribution in [-0.2, 0) is 9.59 Å². The summed E-state index contributed by atoms with van der Waals surface area (Å²) >= 11 is 1.28. The molecule has 0 N–H and O–H groups in total. The standard InChI is InChI=1S/C20H19NO4S/c1-12-8-9-13-14(11-12)19(23)21(18(13)22)15-5-2-3-6-16(15)25-20(24)17-7-4-10-26-17/h2-7,10,12-14H,8-9,11H2,1H3. The summed E-state index contributed by atoms with van der Waals surface area (Å²) in [6.45, 7) is 2.12. The Morgan fingerprint density at radius 1 is 1.08 bits per heavy atom. The van der Waals surface area contributed by atoms with E-state index in [4.69, 9.17) is 4.74 Å². The minimum atomic E-state index is -0.488. The Morgan fingerprint density at radius 2 is 1.85 bits per heavy atom. The maximum absolute atomic E-state index is 12.9. The maximum Gasteiger partial charge on any atom is 0.353 e. The SMILES string of the molecule is CC1CCC2C(=O)N(c3ccccc3OC(=O)c3cccs3)C(=O)C2C1. The van der Waals surface area contributed by atoms with Gasteiger partial charge < -0.3 is 4.74 Å². The molecule has 26 heavy (non-hydrogen) atoms. The van der Waals surface area contributed by atoms with Crippen molar-refractivity contribution in [3.63, 3.8) is 0 Å². The molecule has 0 radical (unpaired) electrons. The Bertz CT molecular complexity index is 860. The van der Waals surface area contributed by atoms with Crippen molar-refractivity contribution in [3.8, 4) is 5.75 Å². The van der Waals surface area contributed by atoms with Crippen LogP contribution in [0.1, 0.15) is 35.9 Å². The second-order valence-corrected chi connectivity index (χ2v) is 7.93. The van der Waals surface area contributed by atoms with E-state index in [-0.39, 0.29) is 29.4 Å². The van der Waals surface area contributed by atoms with Crippen molar-refractivity contribution in [3.05, 3.63) is 46.7 Å². The molecule has 6 heteroatoms. The lowest BCUT2D eigenvalue weighted by Gasteiger charge is -2.25. The molecule has 2 fully saturated rings. The minimum absolute atomic E-state index is 0.175. The van der Waals surface area contributed by atoms with Gasteiger partial charge in [0.1, 0.15) is 4.88 Å². The Labute approximate surface area is 155 Å². The molecule has 2 aliphatic rings. The first-order chi connectivity index (χ1) is 12.6. The molecule has 2 aromatic rings. The third-order valence-electron chi connectivity index (χ3n) is 5.22. The summed E-state index contributed by atoms with van der Waals surface area (Å²) in [4.78, 5) is 39.8. The number of thiophene rings is 1. The Morgan fingerprint density at radius 3 is 2.62 bits per heavy atom. The average molecular weight is 369 g/mol. The van der Waals surface area contributed by atoms with E-state index in [1.165, 1.54) is 16.2 Å². The Kier molecular flexibility index (Phi) is 4.36. The van der Waals surface area contributed by atoms with E-state index in [0.29, 0.717) is 16.5 Å². The van der Waals surface area contributed by atoms with Crippen LogP contribution in [-0.4, -0.2) is 17.8 Å². The molecule has 1 saturated heterocycles. The highest BCUT2D eigenvalue weighted by atomic mass is 32.1. The van der Waals surface area contributed by atoms with Gasteiger partial charge in [0.25, 0.3) is 0 Å². The van der Waals surface area contributed by atoms with Crippen LogP contribution in [0.25, 0.3) is 0 Å². The maximum atomic E-state index is 12.9. The van der Waals surface area contributed by atoms with Gasteiger partial charge in [0, 0.05) is 0 Å². The van der Waals surface area contributed by atoms with E-state index in [1.54, 1.807) is 41.8 Å². The smallest absolute Gasteiger partial charge is 0.353 e. The number of amides is 2. The van der Waals surface area contributed by atoms with Gasteiger partial charge in [-0.1, -0.05) is 25.1 Å². The molecule has 4 rings (SSSR count). The first-order valence-electron chi connectivity index (χ1n) is 8.78. The van der Waals surface area contributed by atoms with Gasteiger partial charge in [-0.25, -0.2) is 9.69 Å². The topological polar surface area (TPSA) is 63.7 Å². The van der Waals surface area contributed by atoms with Crippen LogP contribution in [0.5, 0.6) is 5.75 Å². The number of ether oxygens (including phenoxy) is 1. The number of para-hydroxylation sites is 2. The summed E-state index contributed by atoms with van der Waals surface area (Å²) in [6.07, 6.45) is 2.44. The van der Waals surface area contributed by atoms with Crippen LogP contribution < -0.4 is 9.64 Å². The Hall–Kier alpha value is -2.47. The zero-order chi connectivity index (χ0) is 18.3. The molecule has 0 bridgehead atoms. The highest BCUT2D eigenvalue weighted by molar-refractivity contribution is 7.12. The number of fused-ring (bicyclic) bond motifs is 1. The molecule has 2 amide bonds. The molecule has 3 atom stereocenters. The zero-order valence-corrected chi connectivity index (χ0v) is 15.2. The van der Waals surface area contributed by atoms with Crippen molar-refractivity contribution in [2.75, 3.05) is 4.90 Å². The van der Waals surface area contributed by atoms with Crippen LogP contribution >= 0.6 is 11.3 Å². The van der Waals surface area contributed by atoms with Gasteiger partial charge in [-0.2, -0.15) is 0 Å². The van der Waals surface area contributed by atoms with Gasteiger partial charge in [0.05, 0.1) is 17.5 Å². The number of hydrogen-bond acceptors (Lipinski definition) is 5. The molecule has 1 aliphatic carbocycles. The van der Waals surface area contributed by atoms with Gasteiger partial charge >= 0.3 is 5.97 Å². The number of nitrogens with zero attached hydrogens (tertiary/aromatic N) is 1. The number of rotatable bonds is 3. The normalized spacial score (nSPS) is 25.3. The average Bonchev–Trinajstić information content (AvgIpc) is 3.24. The Balaban J connectivity index is 1.65. The summed E-state index contributed by atoms with van der Waals surface area (Å²) in [6, 6.07) is 10.2. The number of carbonyl (C=O) groups excluding carboxylic acids is 3. The zero-order valence-electron chi connectivity index (χ0n) is 14.4. The van der Waals surface area contributed by atoms with E-state index < -0.39 is 5.97 Å². The van der Waals surface area contributed by atoms with Gasteiger partial charge in [0.15, 0.2) is 5.75 Å². The first-order valence-corrected chi connectivity index (χ1v) is 9.66. The van der Waals surface area contributed by atoms with Crippen molar-refractivity contribution in [1.29, 1.82) is 0 Å². The fourth-order valence-electron chi connectivity index (χ4n) is 3.90. The largest absolute Gasteiger partial charge is 0.420 e. The van der Waals surface area contributed by atoms with E-state index in [1.807, 2.05) is 0 Å². The van der Waals surface area contributed by atoms with Crippen molar-refractivity contribution < 1.29 is 19.1 Å². The lowest BCUT2D eigenvalue weighted by molar-refractivity contribution is -0.122. The molecule has 1 aliphatic heterocycles. The highest BCUT2D eigenvalue weighted by Crippen LogP contribution is 2.44. The number of anilines is 1. The molecule has 3 unspecified atom stereocenters. The van der Waals surface area contributed by atoms with E-state index in [0.717, 1.165) is 19.3 Å². The highest BCUT2D eigenvalue weighted by Gasteiger charge is 2.50. The molecule has 1 aromatic heterocycles. The third-order valence-corrected chi connectivity index (χ3v) is 6.07. The molecule has 1 saturated carbocycles. The van der Waals surface area contributed by atoms with Crippen molar-refractivity contribution >= 4 is 34.8 Å². The molecule has 0 spiro atoms. The third kappa shape index (κ3) is 2.84. The van der Waals surface area contributed by atoms with Crippen molar-refractivity contribution in [1.82, 2.24) is 0 Å². The quantitative estimate of drug-likeness (QED) is 0.468. The number of benzene rings is 1. The summed E-state index contributed by atoms with van der Waals surface area (Å²) in [7, 11) is 0. The molecule has 5 nitrogen and oxygen atoms in total. The van der Waals surface area contributed by atoms with Crippen LogP contribution in [0.15, 0.2) is 41.8 Å². The molecule has 2 heterocycles. The van der Waals surface area contributed by atoms with Crippen molar-refractivity contribution in [2.24, 2.45) is 17.8 Å². The molecule has 1 aromatic carbocycles. The van der Waals surface area contributed by atoms with Gasteiger partial charge in [-0.15, -0.1) is 11.3 Å². The number of esters is 1. The molecular formula is C20H19NO4S. The van der Waals surface area contributed by atoms with Crippen LogP contribution in [0.4, 0.5) is 5.69 Å². The van der Waals surface area contributed by atoms with Gasteiger partial charge in [-0.3, -0.25) is 9.59 Å². The second-order valence-electron chi connectivity index (χ2n) is 6.98. The number of imide groups is 1. The summed E-state index contributed by atoms with van der Waals surface area (Å²) < 4.78 is 5.50. The monoisotopic (exact) mass is 369 g/mol. The van der Waals surface area contributed by atoms with Crippen LogP contribution in [0.3, 0.4) is 0 Å². The minimum Gasteiger partial charge on any atom is -0.420 e. The second kappa shape index (κ2) is 6.68. The summed E-state index contributed by atoms with van der Waals surface area (Å²) in [5.41, 5.74) is 0.356. The predicted molar refractivity (Wildman–Crippen MR) is 98.2 cm³/mol. The van der Waals surface area contributed by atoms with Gasteiger partial charge in [-0.05, 0) is 48.8 Å². The predicted octanol–water partition coefficient (Wildman–Crippen LogP) is 3.89. The lowest BCUT2D eigenvalue weighted by atomic mass is 9.76. The summed E-state index contributed by atoms with van der Waals surface area (Å²) in [5, 5.41) is 1.79. The fraction of sp³-hybridized carbons (Fsp3) is 0.350. The van der Waals surface area contributed by atoms with Crippen LogP contribution in [0, 0.1) is 17.8 Å². The first kappa shape index (κ1) is 17.0. The number of carbonyl (C=O) groups is 3. The summed E-state index contributed by atoms with van der Waals surface area (Å²) in [5.74, 6) is -0.665. The molecular weight excluding hydrogens is 350 g/mol.